The third-order valence-electron chi connectivity index (χ3n) is 3.14. The van der Waals surface area contributed by atoms with Crippen LogP contribution in [0, 0.1) is 17.2 Å². The summed E-state index contributed by atoms with van der Waals surface area (Å²) in [5.74, 6) is -0.351. The van der Waals surface area contributed by atoms with E-state index in [0.717, 1.165) is 5.56 Å². The number of hydrogen-bond donors (Lipinski definition) is 1. The predicted molar refractivity (Wildman–Crippen MR) is 79.4 cm³/mol. The second-order valence-electron chi connectivity index (χ2n) is 4.71. The Morgan fingerprint density at radius 2 is 2.05 bits per heavy atom. The maximum Gasteiger partial charge on any atom is 0.243 e. The van der Waals surface area contributed by atoms with Crippen molar-refractivity contribution in [2.24, 2.45) is 5.92 Å². The standard InChI is InChI=1S/C14H21N3O2S/c1-4-12-6-7-13(16)8-14(12)20(18,19)17(5-2)10-11(3)9-15/h6-8,11H,4-5,10,16H2,1-3H3. The van der Waals surface area contributed by atoms with E-state index in [1.807, 2.05) is 6.92 Å². The first kappa shape index (κ1) is 16.5. The molecule has 0 saturated heterocycles. The third kappa shape index (κ3) is 3.50. The molecule has 1 atom stereocenters. The van der Waals surface area contributed by atoms with Gasteiger partial charge in [-0.15, -0.1) is 0 Å². The highest BCUT2D eigenvalue weighted by Gasteiger charge is 2.26. The summed E-state index contributed by atoms with van der Waals surface area (Å²) in [7, 11) is -3.62. The van der Waals surface area contributed by atoms with Gasteiger partial charge in [-0.05, 0) is 31.0 Å². The molecule has 0 amide bonds. The summed E-state index contributed by atoms with van der Waals surface area (Å²) in [4.78, 5) is 0.243. The number of benzene rings is 1. The van der Waals surface area contributed by atoms with Crippen LogP contribution >= 0.6 is 0 Å². The zero-order valence-corrected chi connectivity index (χ0v) is 12.9. The molecule has 1 aromatic rings. The van der Waals surface area contributed by atoms with Gasteiger partial charge in [-0.1, -0.05) is 19.9 Å². The van der Waals surface area contributed by atoms with Gasteiger partial charge in [-0.25, -0.2) is 8.42 Å². The maximum atomic E-state index is 12.7. The largest absolute Gasteiger partial charge is 0.399 e. The predicted octanol–water partition coefficient (Wildman–Crippen LogP) is 2.00. The van der Waals surface area contributed by atoms with E-state index in [4.69, 9.17) is 11.0 Å². The number of nitrogens with zero attached hydrogens (tertiary/aromatic N) is 2. The second kappa shape index (κ2) is 6.73. The van der Waals surface area contributed by atoms with Gasteiger partial charge >= 0.3 is 0 Å². The molecule has 5 nitrogen and oxygen atoms in total. The monoisotopic (exact) mass is 295 g/mol. The summed E-state index contributed by atoms with van der Waals surface area (Å²) >= 11 is 0. The van der Waals surface area contributed by atoms with Crippen molar-refractivity contribution in [1.29, 1.82) is 5.26 Å². The Morgan fingerprint density at radius 3 is 2.55 bits per heavy atom. The van der Waals surface area contributed by atoms with Gasteiger partial charge in [0.15, 0.2) is 0 Å². The Bertz CT molecular complexity index is 605. The van der Waals surface area contributed by atoms with Gasteiger partial charge in [0.1, 0.15) is 0 Å². The molecule has 0 aliphatic rings. The topological polar surface area (TPSA) is 87.2 Å². The van der Waals surface area contributed by atoms with Crippen LogP contribution in [0.2, 0.25) is 0 Å². The van der Waals surface area contributed by atoms with Crippen LogP contribution in [0.1, 0.15) is 26.3 Å². The molecule has 0 saturated carbocycles. The Kier molecular flexibility index (Phi) is 5.54. The van der Waals surface area contributed by atoms with E-state index in [1.165, 1.54) is 10.4 Å². The van der Waals surface area contributed by atoms with E-state index in [0.29, 0.717) is 18.7 Å². The molecule has 1 rings (SSSR count). The minimum absolute atomic E-state index is 0.188. The molecule has 0 aromatic heterocycles. The lowest BCUT2D eigenvalue weighted by molar-refractivity contribution is 0.399. The van der Waals surface area contributed by atoms with Crippen LogP contribution < -0.4 is 5.73 Å². The molecule has 0 bridgehead atoms. The van der Waals surface area contributed by atoms with Crippen molar-refractivity contribution < 1.29 is 8.42 Å². The molecule has 110 valence electrons. The first-order valence-electron chi connectivity index (χ1n) is 6.64. The number of aryl methyl sites for hydroxylation is 1. The highest BCUT2D eigenvalue weighted by atomic mass is 32.2. The quantitative estimate of drug-likeness (QED) is 0.813. The van der Waals surface area contributed by atoms with Crippen LogP contribution in [-0.4, -0.2) is 25.8 Å². The number of nitrogens with two attached hydrogens (primary N) is 1. The highest BCUT2D eigenvalue weighted by molar-refractivity contribution is 7.89. The van der Waals surface area contributed by atoms with E-state index in [2.05, 4.69) is 6.07 Å². The number of anilines is 1. The van der Waals surface area contributed by atoms with Crippen molar-refractivity contribution in [3.05, 3.63) is 23.8 Å². The first-order valence-corrected chi connectivity index (χ1v) is 8.08. The summed E-state index contributed by atoms with van der Waals surface area (Å²) in [6, 6.07) is 7.00. The van der Waals surface area contributed by atoms with Gasteiger partial charge < -0.3 is 5.73 Å². The molecule has 0 heterocycles. The zero-order valence-electron chi connectivity index (χ0n) is 12.1. The normalized spacial score (nSPS) is 13.2. The summed E-state index contributed by atoms with van der Waals surface area (Å²) in [6.07, 6.45) is 0.611. The summed E-state index contributed by atoms with van der Waals surface area (Å²) in [5, 5.41) is 8.87. The Labute approximate surface area is 121 Å². The van der Waals surface area contributed by atoms with E-state index in [-0.39, 0.29) is 17.4 Å². The van der Waals surface area contributed by atoms with Crippen molar-refractivity contribution in [3.8, 4) is 6.07 Å². The molecule has 20 heavy (non-hydrogen) atoms. The average molecular weight is 295 g/mol. The molecule has 0 spiro atoms. The van der Waals surface area contributed by atoms with E-state index in [9.17, 15) is 8.42 Å². The van der Waals surface area contributed by atoms with Crippen LogP contribution in [0.4, 0.5) is 5.69 Å². The SMILES string of the molecule is CCc1ccc(N)cc1S(=O)(=O)N(CC)CC(C)C#N. The van der Waals surface area contributed by atoms with Gasteiger partial charge in [0.25, 0.3) is 0 Å². The van der Waals surface area contributed by atoms with Crippen LogP contribution in [0.3, 0.4) is 0 Å². The molecular weight excluding hydrogens is 274 g/mol. The van der Waals surface area contributed by atoms with Crippen LogP contribution in [0.5, 0.6) is 0 Å². The smallest absolute Gasteiger partial charge is 0.243 e. The zero-order chi connectivity index (χ0) is 15.3. The molecule has 1 unspecified atom stereocenters. The minimum atomic E-state index is -3.62. The second-order valence-corrected chi connectivity index (χ2v) is 6.61. The molecule has 0 aliphatic heterocycles. The molecule has 0 radical (unpaired) electrons. The summed E-state index contributed by atoms with van der Waals surface area (Å²) in [6.45, 7) is 5.89. The van der Waals surface area contributed by atoms with E-state index < -0.39 is 10.0 Å². The summed E-state index contributed by atoms with van der Waals surface area (Å²) < 4.78 is 26.7. The van der Waals surface area contributed by atoms with E-state index in [1.54, 1.807) is 26.0 Å². The van der Waals surface area contributed by atoms with Crippen molar-refractivity contribution in [3.63, 3.8) is 0 Å². The Morgan fingerprint density at radius 1 is 1.40 bits per heavy atom. The fourth-order valence-corrected chi connectivity index (χ4v) is 3.85. The van der Waals surface area contributed by atoms with E-state index >= 15 is 0 Å². The lowest BCUT2D eigenvalue weighted by atomic mass is 10.1. The van der Waals surface area contributed by atoms with Crippen LogP contribution in [0.25, 0.3) is 0 Å². The van der Waals surface area contributed by atoms with Crippen molar-refractivity contribution in [1.82, 2.24) is 4.31 Å². The number of hydrogen-bond acceptors (Lipinski definition) is 4. The van der Waals surface area contributed by atoms with Crippen LogP contribution in [0.15, 0.2) is 23.1 Å². The Balaban J connectivity index is 3.27. The lowest BCUT2D eigenvalue weighted by Crippen LogP contribution is -2.35. The molecular formula is C14H21N3O2S. The molecule has 1 aromatic carbocycles. The van der Waals surface area contributed by atoms with Gasteiger partial charge in [0, 0.05) is 18.8 Å². The average Bonchev–Trinajstić information content (AvgIpc) is 2.44. The third-order valence-corrected chi connectivity index (χ3v) is 5.16. The van der Waals surface area contributed by atoms with Gasteiger partial charge in [-0.2, -0.15) is 9.57 Å². The fourth-order valence-electron chi connectivity index (χ4n) is 1.99. The van der Waals surface area contributed by atoms with Crippen molar-refractivity contribution in [2.45, 2.75) is 32.1 Å². The number of nitrogen functional groups attached to an aromatic ring is 1. The number of rotatable bonds is 6. The first-order chi connectivity index (χ1) is 9.36. The molecule has 6 heteroatoms. The number of sulfonamides is 1. The van der Waals surface area contributed by atoms with Gasteiger partial charge in [0.2, 0.25) is 10.0 Å². The summed E-state index contributed by atoms with van der Waals surface area (Å²) in [5.41, 5.74) is 6.87. The molecule has 0 fully saturated rings. The van der Waals surface area contributed by atoms with Gasteiger partial charge in [0.05, 0.1) is 16.9 Å². The van der Waals surface area contributed by atoms with Crippen LogP contribution in [-0.2, 0) is 16.4 Å². The number of nitriles is 1. The maximum absolute atomic E-state index is 12.7. The van der Waals surface area contributed by atoms with Gasteiger partial charge in [-0.3, -0.25) is 0 Å². The van der Waals surface area contributed by atoms with Crippen molar-refractivity contribution in [2.75, 3.05) is 18.8 Å². The minimum Gasteiger partial charge on any atom is -0.399 e. The lowest BCUT2D eigenvalue weighted by Gasteiger charge is -2.23. The van der Waals surface area contributed by atoms with Crippen molar-refractivity contribution >= 4 is 15.7 Å². The highest BCUT2D eigenvalue weighted by Crippen LogP contribution is 2.24. The molecule has 0 aliphatic carbocycles. The molecule has 2 N–H and O–H groups in total. The Hall–Kier alpha value is -1.58. The fraction of sp³-hybridized carbons (Fsp3) is 0.500.